The summed E-state index contributed by atoms with van der Waals surface area (Å²) in [6.45, 7) is 3.28. The van der Waals surface area contributed by atoms with E-state index in [0.717, 1.165) is 32.5 Å². The van der Waals surface area contributed by atoms with Gasteiger partial charge < -0.3 is 10.2 Å². The summed E-state index contributed by atoms with van der Waals surface area (Å²) < 4.78 is 0. The van der Waals surface area contributed by atoms with Gasteiger partial charge in [0, 0.05) is 32.2 Å². The third kappa shape index (κ3) is 3.55. The molecule has 0 saturated carbocycles. The summed E-state index contributed by atoms with van der Waals surface area (Å²) in [5, 5.41) is 18.6. The van der Waals surface area contributed by atoms with E-state index >= 15 is 0 Å². The predicted octanol–water partition coefficient (Wildman–Crippen LogP) is 1.50. The van der Waals surface area contributed by atoms with Gasteiger partial charge in [-0.1, -0.05) is 30.3 Å². The Bertz CT molecular complexity index is 338. The van der Waals surface area contributed by atoms with E-state index < -0.39 is 0 Å². The Kier molecular flexibility index (Phi) is 5.17. The number of rotatable bonds is 5. The second-order valence-corrected chi connectivity index (χ2v) is 5.25. The molecule has 1 fully saturated rings. The number of aliphatic hydroxyl groups excluding tert-OH is 2. The van der Waals surface area contributed by atoms with E-state index in [1.165, 1.54) is 5.56 Å². The molecule has 2 N–H and O–H groups in total. The maximum absolute atomic E-state index is 9.28. The molecule has 1 aromatic carbocycles. The zero-order valence-corrected chi connectivity index (χ0v) is 10.8. The number of aliphatic hydroxyl groups is 2. The molecule has 0 radical (unpaired) electrons. The minimum atomic E-state index is 0.0450. The molecule has 0 spiro atoms. The molecule has 0 aliphatic carbocycles. The van der Waals surface area contributed by atoms with E-state index in [0.29, 0.717) is 5.92 Å². The van der Waals surface area contributed by atoms with Gasteiger partial charge in [0.25, 0.3) is 0 Å². The lowest BCUT2D eigenvalue weighted by atomic mass is 9.86. The van der Waals surface area contributed by atoms with Crippen LogP contribution in [0.5, 0.6) is 0 Å². The highest BCUT2D eigenvalue weighted by Gasteiger charge is 2.26. The van der Waals surface area contributed by atoms with E-state index in [4.69, 9.17) is 0 Å². The molecule has 3 nitrogen and oxygen atoms in total. The maximum atomic E-state index is 9.28. The first kappa shape index (κ1) is 13.5. The lowest BCUT2D eigenvalue weighted by molar-refractivity contribution is 0.0566. The Hall–Kier alpha value is -0.900. The van der Waals surface area contributed by atoms with Crippen molar-refractivity contribution in [1.82, 2.24) is 4.90 Å². The first-order valence-corrected chi connectivity index (χ1v) is 6.81. The van der Waals surface area contributed by atoms with E-state index in [1.54, 1.807) is 0 Å². The molecule has 100 valence electrons. The molecule has 0 bridgehead atoms. The van der Waals surface area contributed by atoms with Crippen LogP contribution in [0.25, 0.3) is 0 Å². The summed E-state index contributed by atoms with van der Waals surface area (Å²) in [6, 6.07) is 10.5. The molecule has 1 aliphatic rings. The van der Waals surface area contributed by atoms with Gasteiger partial charge in [-0.25, -0.2) is 0 Å². The van der Waals surface area contributed by atoms with Crippen molar-refractivity contribution in [3.63, 3.8) is 0 Å². The summed E-state index contributed by atoms with van der Waals surface area (Å²) >= 11 is 0. The highest BCUT2D eigenvalue weighted by atomic mass is 16.3. The summed E-state index contributed by atoms with van der Waals surface area (Å²) in [6.07, 6.45) is 2.28. The van der Waals surface area contributed by atoms with Gasteiger partial charge in [0.15, 0.2) is 0 Å². The van der Waals surface area contributed by atoms with Crippen molar-refractivity contribution in [1.29, 1.82) is 0 Å². The summed E-state index contributed by atoms with van der Waals surface area (Å²) in [5.41, 5.74) is 1.34. The van der Waals surface area contributed by atoms with Crippen LogP contribution in [0, 0.1) is 11.8 Å². The maximum Gasteiger partial charge on any atom is 0.0484 e. The SMILES string of the molecule is OCC(CO)[C@H]1CCCN(Cc2ccccc2)C1. The average molecular weight is 249 g/mol. The fourth-order valence-corrected chi connectivity index (χ4v) is 2.82. The average Bonchev–Trinajstić information content (AvgIpc) is 2.42. The van der Waals surface area contributed by atoms with Crippen molar-refractivity contribution in [2.24, 2.45) is 11.8 Å². The van der Waals surface area contributed by atoms with Gasteiger partial charge in [0.1, 0.15) is 0 Å². The summed E-state index contributed by atoms with van der Waals surface area (Å²) in [7, 11) is 0. The third-order valence-corrected chi connectivity index (χ3v) is 3.93. The number of benzene rings is 1. The number of piperidine rings is 1. The van der Waals surface area contributed by atoms with Gasteiger partial charge in [-0.2, -0.15) is 0 Å². The molecular weight excluding hydrogens is 226 g/mol. The fraction of sp³-hybridized carbons (Fsp3) is 0.600. The van der Waals surface area contributed by atoms with Crippen LogP contribution in [0.15, 0.2) is 30.3 Å². The summed E-state index contributed by atoms with van der Waals surface area (Å²) in [5.74, 6) is 0.473. The highest BCUT2D eigenvalue weighted by molar-refractivity contribution is 5.14. The van der Waals surface area contributed by atoms with Gasteiger partial charge in [-0.3, -0.25) is 4.90 Å². The predicted molar refractivity (Wildman–Crippen MR) is 72.1 cm³/mol. The summed E-state index contributed by atoms with van der Waals surface area (Å²) in [4.78, 5) is 2.43. The van der Waals surface area contributed by atoms with Gasteiger partial charge in [0.2, 0.25) is 0 Å². The Morgan fingerprint density at radius 3 is 2.56 bits per heavy atom. The monoisotopic (exact) mass is 249 g/mol. The molecule has 1 heterocycles. The van der Waals surface area contributed by atoms with Crippen LogP contribution in [-0.4, -0.2) is 41.4 Å². The van der Waals surface area contributed by atoms with Crippen LogP contribution in [0.2, 0.25) is 0 Å². The van der Waals surface area contributed by atoms with E-state index in [9.17, 15) is 10.2 Å². The first-order valence-electron chi connectivity index (χ1n) is 6.81. The number of hydrogen-bond donors (Lipinski definition) is 2. The van der Waals surface area contributed by atoms with Gasteiger partial charge in [-0.15, -0.1) is 0 Å². The lowest BCUT2D eigenvalue weighted by Gasteiger charge is -2.35. The second kappa shape index (κ2) is 6.88. The zero-order chi connectivity index (χ0) is 12.8. The van der Waals surface area contributed by atoms with Crippen LogP contribution >= 0.6 is 0 Å². The van der Waals surface area contributed by atoms with E-state index in [2.05, 4.69) is 29.2 Å². The Balaban J connectivity index is 1.90. The second-order valence-electron chi connectivity index (χ2n) is 5.25. The molecule has 2 rings (SSSR count). The highest BCUT2D eigenvalue weighted by Crippen LogP contribution is 2.24. The van der Waals surface area contributed by atoms with E-state index in [1.807, 2.05) is 6.07 Å². The van der Waals surface area contributed by atoms with Crippen LogP contribution < -0.4 is 0 Å². The lowest BCUT2D eigenvalue weighted by Crippen LogP contribution is -2.39. The van der Waals surface area contributed by atoms with Crippen molar-refractivity contribution in [2.75, 3.05) is 26.3 Å². The zero-order valence-electron chi connectivity index (χ0n) is 10.8. The Morgan fingerprint density at radius 2 is 1.89 bits per heavy atom. The molecule has 18 heavy (non-hydrogen) atoms. The first-order chi connectivity index (χ1) is 8.83. The van der Waals surface area contributed by atoms with E-state index in [-0.39, 0.29) is 19.1 Å². The van der Waals surface area contributed by atoms with Crippen molar-refractivity contribution in [3.8, 4) is 0 Å². The quantitative estimate of drug-likeness (QED) is 0.831. The standard InChI is InChI=1S/C15H23NO2/c17-11-15(12-18)14-7-4-8-16(10-14)9-13-5-2-1-3-6-13/h1-3,5-6,14-15,17-18H,4,7-12H2/t14-/m0/s1. The number of likely N-dealkylation sites (tertiary alicyclic amines) is 1. The molecular formula is C15H23NO2. The number of hydrogen-bond acceptors (Lipinski definition) is 3. The minimum absolute atomic E-state index is 0.0450. The molecule has 1 aromatic rings. The van der Waals surface area contributed by atoms with Gasteiger partial charge in [0.05, 0.1) is 0 Å². The van der Waals surface area contributed by atoms with Gasteiger partial charge in [-0.05, 0) is 30.9 Å². The third-order valence-electron chi connectivity index (χ3n) is 3.93. The fourth-order valence-electron chi connectivity index (χ4n) is 2.82. The van der Waals surface area contributed by atoms with Gasteiger partial charge >= 0.3 is 0 Å². The van der Waals surface area contributed by atoms with Crippen LogP contribution in [0.4, 0.5) is 0 Å². The molecule has 0 amide bonds. The molecule has 1 aliphatic heterocycles. The molecule has 0 aromatic heterocycles. The molecule has 0 unspecified atom stereocenters. The van der Waals surface area contributed by atoms with Crippen LogP contribution in [0.3, 0.4) is 0 Å². The Morgan fingerprint density at radius 1 is 1.17 bits per heavy atom. The molecule has 1 saturated heterocycles. The molecule has 3 heteroatoms. The van der Waals surface area contributed by atoms with Crippen LogP contribution in [-0.2, 0) is 6.54 Å². The van der Waals surface area contributed by atoms with Crippen molar-refractivity contribution >= 4 is 0 Å². The van der Waals surface area contributed by atoms with Crippen molar-refractivity contribution in [2.45, 2.75) is 19.4 Å². The largest absolute Gasteiger partial charge is 0.396 e. The van der Waals surface area contributed by atoms with Crippen LogP contribution in [0.1, 0.15) is 18.4 Å². The normalized spacial score (nSPS) is 21.4. The smallest absolute Gasteiger partial charge is 0.0484 e. The van der Waals surface area contributed by atoms with Crippen molar-refractivity contribution < 1.29 is 10.2 Å². The number of nitrogens with zero attached hydrogens (tertiary/aromatic N) is 1. The minimum Gasteiger partial charge on any atom is -0.396 e. The Labute approximate surface area is 109 Å². The molecule has 1 atom stereocenters. The van der Waals surface area contributed by atoms with Crippen molar-refractivity contribution in [3.05, 3.63) is 35.9 Å². The topological polar surface area (TPSA) is 43.7 Å².